The van der Waals surface area contributed by atoms with E-state index < -0.39 is 37.7 Å². The minimum atomic E-state index is -1.35. The molecule has 248 valence electrons. The van der Waals surface area contributed by atoms with E-state index in [4.69, 9.17) is 24.7 Å². The lowest BCUT2D eigenvalue weighted by molar-refractivity contribution is 0.0282. The van der Waals surface area contributed by atoms with Crippen LogP contribution in [0.2, 0.25) is 25.7 Å². The van der Waals surface area contributed by atoms with Gasteiger partial charge < -0.3 is 29.6 Å². The first kappa shape index (κ1) is 36.0. The molecule has 1 amide bonds. The summed E-state index contributed by atoms with van der Waals surface area (Å²) < 4.78 is 38.0. The van der Waals surface area contributed by atoms with Gasteiger partial charge in [0.1, 0.15) is 36.0 Å². The first-order valence-corrected chi connectivity index (χ1v) is 18.5. The van der Waals surface area contributed by atoms with Crippen LogP contribution in [0, 0.1) is 17.1 Å². The smallest absolute Gasteiger partial charge is 0.410 e. The van der Waals surface area contributed by atoms with Crippen LogP contribution in [0.5, 0.6) is 5.75 Å². The highest BCUT2D eigenvalue weighted by Gasteiger charge is 2.27. The number of methoxy groups -OCH3 is 1. The molecule has 0 spiro atoms. The van der Waals surface area contributed by atoms with Crippen LogP contribution < -0.4 is 10.5 Å². The molecule has 2 aromatic heterocycles. The lowest BCUT2D eigenvalue weighted by Gasteiger charge is -2.24. The fraction of sp³-hybridized carbons (Fsp3) is 0.469. The number of hydrogen-bond acceptors (Lipinski definition) is 10. The lowest BCUT2D eigenvalue weighted by Crippen LogP contribution is -2.34. The van der Waals surface area contributed by atoms with Crippen molar-refractivity contribution in [1.82, 2.24) is 19.7 Å². The van der Waals surface area contributed by atoms with Crippen molar-refractivity contribution in [2.75, 3.05) is 26.5 Å². The Labute approximate surface area is 270 Å². The molecular weight excluding hydrogens is 611 g/mol. The monoisotopic (exact) mass is 654 g/mol. The molecule has 0 aliphatic rings. The van der Waals surface area contributed by atoms with E-state index in [1.165, 1.54) is 35.0 Å². The highest BCUT2D eigenvalue weighted by atomic mass is 28.3. The number of amides is 1. The van der Waals surface area contributed by atoms with Gasteiger partial charge in [0.2, 0.25) is 0 Å². The fourth-order valence-electron chi connectivity index (χ4n) is 4.40. The number of aromatic nitrogens is 3. The van der Waals surface area contributed by atoms with Gasteiger partial charge in [-0.15, -0.1) is 0 Å². The van der Waals surface area contributed by atoms with Gasteiger partial charge in [0.05, 0.1) is 24.9 Å². The van der Waals surface area contributed by atoms with Crippen molar-refractivity contribution in [3.8, 4) is 22.9 Å². The average Bonchev–Trinajstić information content (AvgIpc) is 3.31. The number of anilines is 1. The van der Waals surface area contributed by atoms with Crippen molar-refractivity contribution in [1.29, 1.82) is 5.26 Å². The number of nitrogens with zero attached hydrogens (tertiary/aromatic N) is 5. The topological polar surface area (TPSA) is 155 Å². The maximum absolute atomic E-state index is 14.2. The van der Waals surface area contributed by atoms with Gasteiger partial charge in [-0.2, -0.15) is 10.4 Å². The second kappa shape index (κ2) is 14.7. The quantitative estimate of drug-likeness (QED) is 0.137. The first-order valence-electron chi connectivity index (χ1n) is 14.8. The van der Waals surface area contributed by atoms with E-state index in [0.717, 1.165) is 12.1 Å². The Morgan fingerprint density at radius 2 is 1.91 bits per heavy atom. The predicted octanol–water partition coefficient (Wildman–Crippen LogP) is 6.14. The molecule has 46 heavy (non-hydrogen) atoms. The number of hydrogen-bond donors (Lipinski definition) is 1. The molecule has 0 unspecified atom stereocenters. The van der Waals surface area contributed by atoms with Crippen LogP contribution in [0.15, 0.2) is 30.5 Å². The molecule has 0 bridgehead atoms. The summed E-state index contributed by atoms with van der Waals surface area (Å²) in [6, 6.07) is 8.40. The third kappa shape index (κ3) is 9.51. The molecule has 0 saturated carbocycles. The van der Waals surface area contributed by atoms with Crippen LogP contribution >= 0.6 is 0 Å². The van der Waals surface area contributed by atoms with Gasteiger partial charge in [0, 0.05) is 44.6 Å². The largest absolute Gasteiger partial charge is 0.482 e. The van der Waals surface area contributed by atoms with Gasteiger partial charge in [-0.3, -0.25) is 0 Å². The number of nitrogens with two attached hydrogens (primary N) is 1. The normalized spacial score (nSPS) is 12.3. The Kier molecular flexibility index (Phi) is 11.5. The summed E-state index contributed by atoms with van der Waals surface area (Å²) in [6.07, 6.45) is 0.0580. The zero-order valence-electron chi connectivity index (χ0n) is 27.9. The Morgan fingerprint density at radius 3 is 2.52 bits per heavy atom. The molecule has 0 saturated heterocycles. The highest BCUT2D eigenvalue weighted by molar-refractivity contribution is 6.76. The summed E-state index contributed by atoms with van der Waals surface area (Å²) in [5, 5.41) is 14.9. The number of pyridine rings is 1. The molecule has 0 aliphatic heterocycles. The number of halogens is 1. The second-order valence-electron chi connectivity index (χ2n) is 13.1. The summed E-state index contributed by atoms with van der Waals surface area (Å²) in [7, 11) is 1.45. The second-order valence-corrected chi connectivity index (χ2v) is 18.7. The fourth-order valence-corrected chi connectivity index (χ4v) is 5.15. The summed E-state index contributed by atoms with van der Waals surface area (Å²) in [5.74, 6) is -1.06. The summed E-state index contributed by atoms with van der Waals surface area (Å²) in [6.45, 7) is 14.2. The number of ether oxygens (including phenoxy) is 4. The molecule has 1 aromatic carbocycles. The SMILES string of the molecule is COC(=O)c1ccc(F)cc1[C@@H](C)Oc1cc(-c2c(CN(C)C(=O)OC(C)(C)C)nn(COCC[Si](C)(C)C)c2C#N)cnc1N. The lowest BCUT2D eigenvalue weighted by atomic mass is 10.0. The number of carbonyl (C=O) groups excluding carboxylic acids is 2. The van der Waals surface area contributed by atoms with E-state index in [-0.39, 0.29) is 41.7 Å². The van der Waals surface area contributed by atoms with E-state index in [1.54, 1.807) is 40.8 Å². The molecule has 3 rings (SSSR count). The Morgan fingerprint density at radius 1 is 1.22 bits per heavy atom. The summed E-state index contributed by atoms with van der Waals surface area (Å²) in [5.41, 5.74) is 7.26. The maximum Gasteiger partial charge on any atom is 0.410 e. The van der Waals surface area contributed by atoms with Crippen molar-refractivity contribution in [3.63, 3.8) is 0 Å². The van der Waals surface area contributed by atoms with Gasteiger partial charge >= 0.3 is 12.1 Å². The molecule has 12 nitrogen and oxygen atoms in total. The molecule has 14 heteroatoms. The number of nitrogen functional groups attached to an aromatic ring is 1. The number of esters is 1. The van der Waals surface area contributed by atoms with Crippen molar-refractivity contribution < 1.29 is 32.9 Å². The molecule has 0 fully saturated rings. The Hall–Kier alpha value is -4.48. The number of benzene rings is 1. The zero-order chi connectivity index (χ0) is 34.4. The van der Waals surface area contributed by atoms with Crippen molar-refractivity contribution in [2.45, 2.75) is 78.4 Å². The van der Waals surface area contributed by atoms with E-state index in [9.17, 15) is 19.2 Å². The van der Waals surface area contributed by atoms with Crippen molar-refractivity contribution >= 4 is 26.0 Å². The summed E-state index contributed by atoms with van der Waals surface area (Å²) in [4.78, 5) is 30.8. The number of rotatable bonds is 12. The van der Waals surface area contributed by atoms with Crippen LogP contribution in [-0.4, -0.2) is 66.2 Å². The molecule has 2 heterocycles. The molecule has 2 N–H and O–H groups in total. The van der Waals surface area contributed by atoms with Gasteiger partial charge in [-0.1, -0.05) is 19.6 Å². The molecule has 0 radical (unpaired) electrons. The third-order valence-corrected chi connectivity index (χ3v) is 8.47. The van der Waals surface area contributed by atoms with Crippen molar-refractivity contribution in [3.05, 3.63) is 58.8 Å². The van der Waals surface area contributed by atoms with Gasteiger partial charge in [-0.05, 0) is 58.0 Å². The molecule has 3 aromatic rings. The van der Waals surface area contributed by atoms with Crippen LogP contribution in [0.1, 0.15) is 61.1 Å². The van der Waals surface area contributed by atoms with E-state index in [2.05, 4.69) is 35.8 Å². The highest BCUT2D eigenvalue weighted by Crippen LogP contribution is 2.35. The Bertz CT molecular complexity index is 1610. The molecule has 1 atom stereocenters. The van der Waals surface area contributed by atoms with Gasteiger partial charge in [0.15, 0.2) is 11.6 Å². The average molecular weight is 655 g/mol. The molecular formula is C32H43FN6O6Si. The molecule has 0 aliphatic carbocycles. The first-order chi connectivity index (χ1) is 21.4. The van der Waals surface area contributed by atoms with Crippen LogP contribution in [0.3, 0.4) is 0 Å². The van der Waals surface area contributed by atoms with E-state index in [1.807, 2.05) is 0 Å². The van der Waals surface area contributed by atoms with Crippen LogP contribution in [0.25, 0.3) is 11.1 Å². The van der Waals surface area contributed by atoms with E-state index in [0.29, 0.717) is 23.4 Å². The van der Waals surface area contributed by atoms with Crippen LogP contribution in [0.4, 0.5) is 15.0 Å². The van der Waals surface area contributed by atoms with Crippen LogP contribution in [-0.2, 0) is 27.5 Å². The van der Waals surface area contributed by atoms with E-state index >= 15 is 0 Å². The number of carbonyl (C=O) groups is 2. The van der Waals surface area contributed by atoms with Gasteiger partial charge in [-0.25, -0.2) is 23.6 Å². The number of nitriles is 1. The Balaban J connectivity index is 2.05. The maximum atomic E-state index is 14.2. The standard InChI is InChI=1S/C32H43FN6O6Si/c1-20(24-15-22(33)10-11-23(24)30(40)42-6)44-27-14-21(17-36-29(27)35)28-25(18-38(5)31(41)45-32(2,3)4)37-39(26(28)16-34)19-43-12-13-46(7,8)9/h10-11,14-15,17,20H,12-13,18-19H2,1-9H3,(H2,35,36)/t20-/m1/s1. The third-order valence-electron chi connectivity index (χ3n) is 6.76. The minimum absolute atomic E-state index is 0.00355. The minimum Gasteiger partial charge on any atom is -0.482 e. The van der Waals surface area contributed by atoms with Crippen molar-refractivity contribution in [2.24, 2.45) is 0 Å². The zero-order valence-corrected chi connectivity index (χ0v) is 28.9. The predicted molar refractivity (Wildman–Crippen MR) is 173 cm³/mol. The van der Waals surface area contributed by atoms with Gasteiger partial charge in [0.25, 0.3) is 0 Å². The summed E-state index contributed by atoms with van der Waals surface area (Å²) >= 11 is 0.